The van der Waals surface area contributed by atoms with E-state index in [4.69, 9.17) is 0 Å². The second-order valence-corrected chi connectivity index (χ2v) is 6.25. The lowest BCUT2D eigenvalue weighted by molar-refractivity contribution is -0.115. The van der Waals surface area contributed by atoms with Crippen molar-refractivity contribution in [2.24, 2.45) is 0 Å². The van der Waals surface area contributed by atoms with Gasteiger partial charge in [0.05, 0.1) is 6.42 Å². The minimum Gasteiger partial charge on any atom is -0.339 e. The van der Waals surface area contributed by atoms with Gasteiger partial charge in [-0.2, -0.15) is 0 Å². The molecule has 1 aliphatic rings. The molecule has 1 fully saturated rings. The Bertz CT molecular complexity index is 753. The summed E-state index contributed by atoms with van der Waals surface area (Å²) in [6.07, 6.45) is 3.25. The summed E-state index contributed by atoms with van der Waals surface area (Å²) in [5.41, 5.74) is 1.57. The van der Waals surface area contributed by atoms with E-state index in [-0.39, 0.29) is 24.1 Å². The predicted octanol–water partition coefficient (Wildman–Crippen LogP) is 3.63. The molecule has 2 aromatic carbocycles. The quantitative estimate of drug-likeness (QED) is 0.924. The second-order valence-electron chi connectivity index (χ2n) is 6.25. The number of piperidine rings is 1. The average Bonchev–Trinajstić information content (AvgIpc) is 2.64. The molecule has 0 aromatic heterocycles. The van der Waals surface area contributed by atoms with Crippen molar-refractivity contribution in [1.82, 2.24) is 4.90 Å². The van der Waals surface area contributed by atoms with Crippen molar-refractivity contribution in [3.05, 3.63) is 65.5 Å². The summed E-state index contributed by atoms with van der Waals surface area (Å²) < 4.78 is 13.6. The average molecular weight is 340 g/mol. The number of rotatable bonds is 4. The molecular weight excluding hydrogens is 319 g/mol. The van der Waals surface area contributed by atoms with Gasteiger partial charge in [0, 0.05) is 24.3 Å². The van der Waals surface area contributed by atoms with Crippen LogP contribution in [0.3, 0.4) is 0 Å². The maximum Gasteiger partial charge on any atom is 0.253 e. The molecule has 0 unspecified atom stereocenters. The van der Waals surface area contributed by atoms with Gasteiger partial charge in [-0.1, -0.05) is 18.2 Å². The summed E-state index contributed by atoms with van der Waals surface area (Å²) in [5.74, 6) is -0.649. The van der Waals surface area contributed by atoms with Crippen LogP contribution in [0.15, 0.2) is 48.5 Å². The molecule has 3 rings (SSSR count). The van der Waals surface area contributed by atoms with E-state index in [1.54, 1.807) is 42.5 Å². The molecule has 0 aliphatic carbocycles. The Balaban J connectivity index is 1.59. The van der Waals surface area contributed by atoms with Crippen LogP contribution in [0.4, 0.5) is 10.1 Å². The van der Waals surface area contributed by atoms with Gasteiger partial charge in [-0.3, -0.25) is 9.59 Å². The Kier molecular flexibility index (Phi) is 5.43. The van der Waals surface area contributed by atoms with E-state index in [2.05, 4.69) is 5.32 Å². The van der Waals surface area contributed by atoms with E-state index < -0.39 is 0 Å². The summed E-state index contributed by atoms with van der Waals surface area (Å²) in [4.78, 5) is 26.3. The lowest BCUT2D eigenvalue weighted by Crippen LogP contribution is -2.35. The van der Waals surface area contributed by atoms with Crippen LogP contribution in [0.5, 0.6) is 0 Å². The molecule has 130 valence electrons. The van der Waals surface area contributed by atoms with E-state index in [1.165, 1.54) is 12.5 Å². The van der Waals surface area contributed by atoms with Gasteiger partial charge in [0.25, 0.3) is 5.91 Å². The standard InChI is InChI=1S/C20H21FN2O2/c21-18-7-3-2-6-16(18)14-19(24)22-17-10-8-15(9-11-17)20(25)23-12-4-1-5-13-23/h2-3,6-11H,1,4-5,12-14H2,(H,22,24). The predicted molar refractivity (Wildman–Crippen MR) is 94.9 cm³/mol. The first-order valence-corrected chi connectivity index (χ1v) is 8.56. The van der Waals surface area contributed by atoms with Crippen molar-refractivity contribution in [3.8, 4) is 0 Å². The zero-order valence-corrected chi connectivity index (χ0v) is 14.0. The maximum atomic E-state index is 13.6. The fourth-order valence-electron chi connectivity index (χ4n) is 3.00. The van der Waals surface area contributed by atoms with Gasteiger partial charge >= 0.3 is 0 Å². The van der Waals surface area contributed by atoms with Crippen LogP contribution in [0.2, 0.25) is 0 Å². The largest absolute Gasteiger partial charge is 0.339 e. The lowest BCUT2D eigenvalue weighted by Gasteiger charge is -2.26. The van der Waals surface area contributed by atoms with Gasteiger partial charge < -0.3 is 10.2 Å². The fraction of sp³-hybridized carbons (Fsp3) is 0.300. The van der Waals surface area contributed by atoms with Crippen LogP contribution < -0.4 is 5.32 Å². The van der Waals surface area contributed by atoms with E-state index in [0.717, 1.165) is 25.9 Å². The van der Waals surface area contributed by atoms with Gasteiger partial charge in [-0.25, -0.2) is 4.39 Å². The minimum atomic E-state index is -0.389. The van der Waals surface area contributed by atoms with Gasteiger partial charge in [0.15, 0.2) is 0 Å². The fourth-order valence-corrected chi connectivity index (χ4v) is 3.00. The number of nitrogens with zero attached hydrogens (tertiary/aromatic N) is 1. The summed E-state index contributed by atoms with van der Waals surface area (Å²) in [5, 5.41) is 2.73. The highest BCUT2D eigenvalue weighted by atomic mass is 19.1. The first kappa shape index (κ1) is 17.1. The summed E-state index contributed by atoms with van der Waals surface area (Å²) in [7, 11) is 0. The molecular formula is C20H21FN2O2. The highest BCUT2D eigenvalue weighted by molar-refractivity contribution is 5.96. The van der Waals surface area contributed by atoms with E-state index >= 15 is 0 Å². The molecule has 1 N–H and O–H groups in total. The molecule has 0 atom stereocenters. The lowest BCUT2D eigenvalue weighted by atomic mass is 10.1. The number of hydrogen-bond acceptors (Lipinski definition) is 2. The molecule has 0 radical (unpaired) electrons. The molecule has 4 nitrogen and oxygen atoms in total. The van der Waals surface area contributed by atoms with Gasteiger partial charge in [-0.15, -0.1) is 0 Å². The Hall–Kier alpha value is -2.69. The number of halogens is 1. The zero-order chi connectivity index (χ0) is 17.6. The Morgan fingerprint density at radius 1 is 0.960 bits per heavy atom. The van der Waals surface area contributed by atoms with Crippen LogP contribution >= 0.6 is 0 Å². The number of carbonyl (C=O) groups excluding carboxylic acids is 2. The smallest absolute Gasteiger partial charge is 0.253 e. The third-order valence-electron chi connectivity index (χ3n) is 4.37. The third kappa shape index (κ3) is 4.44. The second kappa shape index (κ2) is 7.92. The molecule has 1 heterocycles. The first-order valence-electron chi connectivity index (χ1n) is 8.56. The number of anilines is 1. The van der Waals surface area contributed by atoms with Gasteiger partial charge in [-0.05, 0) is 55.2 Å². The van der Waals surface area contributed by atoms with Crippen LogP contribution in [0.25, 0.3) is 0 Å². The topological polar surface area (TPSA) is 49.4 Å². The molecule has 2 amide bonds. The molecule has 0 bridgehead atoms. The number of benzene rings is 2. The molecule has 1 saturated heterocycles. The molecule has 1 aliphatic heterocycles. The summed E-state index contributed by atoms with van der Waals surface area (Å²) >= 11 is 0. The van der Waals surface area contributed by atoms with Crippen molar-refractivity contribution in [2.45, 2.75) is 25.7 Å². The van der Waals surface area contributed by atoms with Crippen LogP contribution in [-0.2, 0) is 11.2 Å². The van der Waals surface area contributed by atoms with E-state index in [9.17, 15) is 14.0 Å². The molecule has 2 aromatic rings. The highest BCUT2D eigenvalue weighted by Crippen LogP contribution is 2.16. The highest BCUT2D eigenvalue weighted by Gasteiger charge is 2.18. The molecule has 0 spiro atoms. The van der Waals surface area contributed by atoms with E-state index in [1.807, 2.05) is 4.90 Å². The summed E-state index contributed by atoms with van der Waals surface area (Å²) in [6.45, 7) is 1.61. The number of nitrogens with one attached hydrogen (secondary N) is 1. The van der Waals surface area contributed by atoms with Gasteiger partial charge in [0.2, 0.25) is 5.91 Å². The monoisotopic (exact) mass is 340 g/mol. The van der Waals surface area contributed by atoms with Crippen molar-refractivity contribution in [2.75, 3.05) is 18.4 Å². The zero-order valence-electron chi connectivity index (χ0n) is 14.0. The van der Waals surface area contributed by atoms with Crippen LogP contribution in [0, 0.1) is 5.82 Å². The molecule has 5 heteroatoms. The van der Waals surface area contributed by atoms with Crippen molar-refractivity contribution in [1.29, 1.82) is 0 Å². The van der Waals surface area contributed by atoms with Crippen LogP contribution in [-0.4, -0.2) is 29.8 Å². The van der Waals surface area contributed by atoms with Crippen molar-refractivity contribution < 1.29 is 14.0 Å². The van der Waals surface area contributed by atoms with Crippen molar-refractivity contribution in [3.63, 3.8) is 0 Å². The van der Waals surface area contributed by atoms with Gasteiger partial charge in [0.1, 0.15) is 5.82 Å². The summed E-state index contributed by atoms with van der Waals surface area (Å²) in [6, 6.07) is 13.1. The van der Waals surface area contributed by atoms with E-state index in [0.29, 0.717) is 16.8 Å². The first-order chi connectivity index (χ1) is 12.1. The normalized spacial score (nSPS) is 14.2. The Morgan fingerprint density at radius 3 is 2.32 bits per heavy atom. The number of amides is 2. The third-order valence-corrected chi connectivity index (χ3v) is 4.37. The molecule has 0 saturated carbocycles. The minimum absolute atomic E-state index is 0.0267. The SMILES string of the molecule is O=C(Cc1ccccc1F)Nc1ccc(C(=O)N2CCCCC2)cc1. The Labute approximate surface area is 146 Å². The number of hydrogen-bond donors (Lipinski definition) is 1. The Morgan fingerprint density at radius 2 is 1.64 bits per heavy atom. The van der Waals surface area contributed by atoms with Crippen LogP contribution in [0.1, 0.15) is 35.2 Å². The maximum absolute atomic E-state index is 13.6. The molecule has 25 heavy (non-hydrogen) atoms. The number of carbonyl (C=O) groups is 2. The number of likely N-dealkylation sites (tertiary alicyclic amines) is 1. The van der Waals surface area contributed by atoms with Crippen molar-refractivity contribution >= 4 is 17.5 Å².